The molecule has 1 atom stereocenters. The van der Waals surface area contributed by atoms with Crippen LogP contribution in [0, 0.1) is 0 Å². The molecule has 0 radical (unpaired) electrons. The molecule has 0 bridgehead atoms. The number of nitrogens with zero attached hydrogens (tertiary/aromatic N) is 2. The normalized spacial score (nSPS) is 16.4. The molecule has 1 aliphatic heterocycles. The average Bonchev–Trinajstić information content (AvgIpc) is 2.68. The summed E-state index contributed by atoms with van der Waals surface area (Å²) >= 11 is 0. The quantitative estimate of drug-likeness (QED) is 0.746. The van der Waals surface area contributed by atoms with E-state index in [-0.39, 0.29) is 5.91 Å². The van der Waals surface area contributed by atoms with E-state index in [4.69, 9.17) is 0 Å². The van der Waals surface area contributed by atoms with Gasteiger partial charge >= 0.3 is 0 Å². The molecule has 2 aromatic rings. The van der Waals surface area contributed by atoms with E-state index in [0.717, 1.165) is 38.3 Å². The molecule has 0 aromatic heterocycles. The van der Waals surface area contributed by atoms with Crippen molar-refractivity contribution in [3.8, 4) is 0 Å². The molecule has 5 heteroatoms. The molecule has 1 fully saturated rings. The molecule has 3 rings (SSSR count). The number of hydrogen-bond donors (Lipinski definition) is 0. The Morgan fingerprint density at radius 1 is 1.00 bits per heavy atom. The van der Waals surface area contributed by atoms with E-state index in [0.29, 0.717) is 17.2 Å². The molecule has 28 heavy (non-hydrogen) atoms. The van der Waals surface area contributed by atoms with E-state index < -0.39 is 10.8 Å². The van der Waals surface area contributed by atoms with Gasteiger partial charge in [-0.05, 0) is 34.7 Å². The van der Waals surface area contributed by atoms with Crippen LogP contribution in [0.2, 0.25) is 0 Å². The van der Waals surface area contributed by atoms with E-state index in [1.165, 1.54) is 11.1 Å². The van der Waals surface area contributed by atoms with Crippen molar-refractivity contribution in [3.05, 3.63) is 70.8 Å². The third-order valence-electron chi connectivity index (χ3n) is 5.26. The highest BCUT2D eigenvalue weighted by molar-refractivity contribution is 7.83. The van der Waals surface area contributed by atoms with Crippen LogP contribution in [-0.4, -0.2) is 52.4 Å². The fraction of sp³-hybridized carbons (Fsp3) is 0.435. The van der Waals surface area contributed by atoms with Gasteiger partial charge in [-0.25, -0.2) is 0 Å². The average molecular weight is 399 g/mol. The molecular weight excluding hydrogens is 368 g/mol. The van der Waals surface area contributed by atoms with Gasteiger partial charge in [0.05, 0.1) is 0 Å². The van der Waals surface area contributed by atoms with Crippen LogP contribution in [0.5, 0.6) is 0 Å². The van der Waals surface area contributed by atoms with Crippen LogP contribution >= 0.6 is 0 Å². The van der Waals surface area contributed by atoms with E-state index in [1.54, 1.807) is 6.26 Å². The lowest BCUT2D eigenvalue weighted by Gasteiger charge is -2.35. The number of rotatable bonds is 6. The summed E-state index contributed by atoms with van der Waals surface area (Å²) in [6, 6.07) is 16.4. The molecule has 1 unspecified atom stereocenters. The maximum absolute atomic E-state index is 12.8. The number of benzene rings is 2. The summed E-state index contributed by atoms with van der Waals surface area (Å²) < 4.78 is 11.4. The highest BCUT2D eigenvalue weighted by Crippen LogP contribution is 2.17. The Kier molecular flexibility index (Phi) is 7.03. The Hall–Kier alpha value is -1.98. The summed E-state index contributed by atoms with van der Waals surface area (Å²) in [5.74, 6) is 1.12. The standard InChI is InChI=1S/C23H30N2O2S/c1-18(2)21-9-7-19(8-10-21)16-24-11-13-25(14-12-24)23(26)22-6-4-5-20(15-22)17-28(3)27/h4-10,15,18H,11-14,16-17H2,1-3H3. The smallest absolute Gasteiger partial charge is 0.253 e. The first-order valence-corrected chi connectivity index (χ1v) is 11.6. The molecule has 0 N–H and O–H groups in total. The van der Waals surface area contributed by atoms with Gasteiger partial charge in [0.2, 0.25) is 0 Å². The molecule has 1 heterocycles. The van der Waals surface area contributed by atoms with E-state index in [1.807, 2.05) is 29.2 Å². The molecular formula is C23H30N2O2S. The predicted octanol–water partition coefficient (Wildman–Crippen LogP) is 3.65. The van der Waals surface area contributed by atoms with Crippen molar-refractivity contribution < 1.29 is 9.00 Å². The zero-order valence-corrected chi connectivity index (χ0v) is 17.9. The lowest BCUT2D eigenvalue weighted by atomic mass is 10.0. The van der Waals surface area contributed by atoms with Crippen molar-refractivity contribution in [2.45, 2.75) is 32.1 Å². The maximum atomic E-state index is 12.8. The summed E-state index contributed by atoms with van der Waals surface area (Å²) in [5, 5.41) is 0. The lowest BCUT2D eigenvalue weighted by Crippen LogP contribution is -2.48. The lowest BCUT2D eigenvalue weighted by molar-refractivity contribution is 0.0628. The third kappa shape index (κ3) is 5.52. The summed E-state index contributed by atoms with van der Waals surface area (Å²) in [7, 11) is -0.903. The number of hydrogen-bond acceptors (Lipinski definition) is 3. The van der Waals surface area contributed by atoms with E-state index in [2.05, 4.69) is 43.0 Å². The fourth-order valence-corrected chi connectivity index (χ4v) is 4.24. The highest BCUT2D eigenvalue weighted by Gasteiger charge is 2.22. The van der Waals surface area contributed by atoms with E-state index >= 15 is 0 Å². The van der Waals surface area contributed by atoms with Crippen molar-refractivity contribution in [2.75, 3.05) is 32.4 Å². The van der Waals surface area contributed by atoms with Crippen LogP contribution in [-0.2, 0) is 23.1 Å². The van der Waals surface area contributed by atoms with Gasteiger partial charge in [-0.1, -0.05) is 50.2 Å². The van der Waals surface area contributed by atoms with Gasteiger partial charge in [-0.2, -0.15) is 0 Å². The molecule has 0 saturated carbocycles. The topological polar surface area (TPSA) is 40.6 Å². The highest BCUT2D eigenvalue weighted by atomic mass is 32.2. The number of carbonyl (C=O) groups is 1. The fourth-order valence-electron chi connectivity index (χ4n) is 3.59. The van der Waals surface area contributed by atoms with Crippen LogP contribution in [0.15, 0.2) is 48.5 Å². The Bertz CT molecular complexity index is 825. The molecule has 1 aliphatic rings. The molecule has 150 valence electrons. The Balaban J connectivity index is 1.54. The van der Waals surface area contributed by atoms with Crippen LogP contribution in [0.4, 0.5) is 0 Å². The Morgan fingerprint density at radius 2 is 1.68 bits per heavy atom. The summed E-state index contributed by atoms with van der Waals surface area (Å²) in [4.78, 5) is 17.2. The molecule has 1 saturated heterocycles. The zero-order valence-electron chi connectivity index (χ0n) is 17.1. The summed E-state index contributed by atoms with van der Waals surface area (Å²) in [6.45, 7) is 8.61. The Labute approximate surface area is 171 Å². The molecule has 0 aliphatic carbocycles. The molecule has 1 amide bonds. The van der Waals surface area contributed by atoms with Crippen LogP contribution in [0.1, 0.15) is 46.8 Å². The number of piperazine rings is 1. The SMILES string of the molecule is CC(C)c1ccc(CN2CCN(C(=O)c3cccc(CS(C)=O)c3)CC2)cc1. The molecule has 2 aromatic carbocycles. The number of amides is 1. The van der Waals surface area contributed by atoms with Crippen molar-refractivity contribution in [1.29, 1.82) is 0 Å². The molecule has 4 nitrogen and oxygen atoms in total. The second kappa shape index (κ2) is 9.48. The van der Waals surface area contributed by atoms with Gasteiger partial charge in [0, 0.05) is 61.1 Å². The van der Waals surface area contributed by atoms with Gasteiger partial charge in [-0.3, -0.25) is 13.9 Å². The van der Waals surface area contributed by atoms with Crippen molar-refractivity contribution >= 4 is 16.7 Å². The van der Waals surface area contributed by atoms with Crippen molar-refractivity contribution in [2.24, 2.45) is 0 Å². The third-order valence-corrected chi connectivity index (χ3v) is 6.00. The largest absolute Gasteiger partial charge is 0.336 e. The first kappa shape index (κ1) is 20.7. The van der Waals surface area contributed by atoms with Gasteiger partial charge in [-0.15, -0.1) is 0 Å². The minimum Gasteiger partial charge on any atom is -0.336 e. The van der Waals surface area contributed by atoms with Crippen molar-refractivity contribution in [1.82, 2.24) is 9.80 Å². The van der Waals surface area contributed by atoms with Crippen LogP contribution < -0.4 is 0 Å². The van der Waals surface area contributed by atoms with E-state index in [9.17, 15) is 9.00 Å². The van der Waals surface area contributed by atoms with Gasteiger partial charge in [0.15, 0.2) is 0 Å². The Morgan fingerprint density at radius 3 is 2.29 bits per heavy atom. The minimum absolute atomic E-state index is 0.0738. The maximum Gasteiger partial charge on any atom is 0.253 e. The van der Waals surface area contributed by atoms with Gasteiger partial charge in [0.1, 0.15) is 0 Å². The summed E-state index contributed by atoms with van der Waals surface area (Å²) in [5.41, 5.74) is 4.34. The second-order valence-electron chi connectivity index (χ2n) is 7.88. The van der Waals surface area contributed by atoms with Crippen LogP contribution in [0.25, 0.3) is 0 Å². The second-order valence-corrected chi connectivity index (χ2v) is 9.32. The van der Waals surface area contributed by atoms with Gasteiger partial charge in [0.25, 0.3) is 5.91 Å². The molecule has 0 spiro atoms. The van der Waals surface area contributed by atoms with Crippen LogP contribution in [0.3, 0.4) is 0 Å². The number of carbonyl (C=O) groups excluding carboxylic acids is 1. The first-order chi connectivity index (χ1) is 13.4. The predicted molar refractivity (Wildman–Crippen MR) is 116 cm³/mol. The first-order valence-electron chi connectivity index (χ1n) is 9.92. The summed E-state index contributed by atoms with van der Waals surface area (Å²) in [6.07, 6.45) is 1.68. The zero-order chi connectivity index (χ0) is 20.1. The monoisotopic (exact) mass is 398 g/mol. The minimum atomic E-state index is -0.903. The van der Waals surface area contributed by atoms with Crippen molar-refractivity contribution in [3.63, 3.8) is 0 Å². The van der Waals surface area contributed by atoms with Gasteiger partial charge < -0.3 is 4.90 Å².